The van der Waals surface area contributed by atoms with Crippen LogP contribution in [0.5, 0.6) is 0 Å². The maximum absolute atomic E-state index is 9.13. The van der Waals surface area contributed by atoms with E-state index in [-0.39, 0.29) is 18.6 Å². The van der Waals surface area contributed by atoms with Crippen molar-refractivity contribution in [3.63, 3.8) is 0 Å². The first-order valence-corrected chi connectivity index (χ1v) is 12.6. The number of hydrogen-bond donors (Lipinski definition) is 1. The van der Waals surface area contributed by atoms with E-state index in [0.29, 0.717) is 19.1 Å². The van der Waals surface area contributed by atoms with Gasteiger partial charge in [-0.05, 0) is 29.6 Å². The van der Waals surface area contributed by atoms with E-state index in [9.17, 15) is 0 Å². The summed E-state index contributed by atoms with van der Waals surface area (Å²) in [6.45, 7) is 12.6. The van der Waals surface area contributed by atoms with Crippen molar-refractivity contribution in [2.24, 2.45) is 11.8 Å². The minimum absolute atomic E-state index is 0.0772. The highest BCUT2D eigenvalue weighted by atomic mass is 28.4. The van der Waals surface area contributed by atoms with Gasteiger partial charge in [0.2, 0.25) is 0 Å². The fourth-order valence-electron chi connectivity index (χ4n) is 3.45. The van der Waals surface area contributed by atoms with Crippen LogP contribution < -0.4 is 0 Å². The molecule has 0 spiro atoms. The van der Waals surface area contributed by atoms with Gasteiger partial charge in [0, 0.05) is 5.92 Å². The molecular formula is C22H38O3Si. The average Bonchev–Trinajstić information content (AvgIpc) is 2.68. The van der Waals surface area contributed by atoms with Gasteiger partial charge in [0.05, 0.1) is 25.9 Å². The lowest BCUT2D eigenvalue weighted by atomic mass is 9.93. The van der Waals surface area contributed by atoms with Crippen molar-refractivity contribution in [3.05, 3.63) is 48.0 Å². The number of ether oxygens (including phenoxy) is 1. The molecule has 3 nitrogen and oxygen atoms in total. The van der Waals surface area contributed by atoms with Gasteiger partial charge in [-0.25, -0.2) is 0 Å². The van der Waals surface area contributed by atoms with E-state index in [0.717, 1.165) is 18.1 Å². The Morgan fingerprint density at radius 1 is 1.04 bits per heavy atom. The molecule has 1 N–H and O–H groups in total. The van der Waals surface area contributed by atoms with E-state index in [2.05, 4.69) is 52.8 Å². The van der Waals surface area contributed by atoms with E-state index >= 15 is 0 Å². The Bertz CT molecular complexity index is 491. The number of hydrogen-bond acceptors (Lipinski definition) is 3. The molecule has 0 amide bonds. The van der Waals surface area contributed by atoms with Crippen LogP contribution in [0.4, 0.5) is 0 Å². The molecule has 148 valence electrons. The Morgan fingerprint density at radius 2 is 1.65 bits per heavy atom. The zero-order chi connectivity index (χ0) is 19.4. The van der Waals surface area contributed by atoms with Gasteiger partial charge in [0.15, 0.2) is 8.32 Å². The molecule has 0 saturated carbocycles. The minimum atomic E-state index is -1.70. The Kier molecular flexibility index (Phi) is 11.1. The first-order valence-electron chi connectivity index (χ1n) is 10.1. The van der Waals surface area contributed by atoms with Gasteiger partial charge in [-0.15, -0.1) is 0 Å². The summed E-state index contributed by atoms with van der Waals surface area (Å²) < 4.78 is 12.8. The fraction of sp³-hybridized carbons (Fsp3) is 0.636. The monoisotopic (exact) mass is 378 g/mol. The van der Waals surface area contributed by atoms with E-state index in [1.807, 2.05) is 24.3 Å². The lowest BCUT2D eigenvalue weighted by Crippen LogP contribution is -2.45. The van der Waals surface area contributed by atoms with E-state index in [1.54, 1.807) is 0 Å². The molecule has 0 bridgehead atoms. The molecular weight excluding hydrogens is 340 g/mol. The van der Waals surface area contributed by atoms with E-state index in [1.165, 1.54) is 5.56 Å². The highest BCUT2D eigenvalue weighted by molar-refractivity contribution is 6.73. The smallest absolute Gasteiger partial charge is 0.192 e. The highest BCUT2D eigenvalue weighted by Gasteiger charge is 2.35. The number of aliphatic hydroxyl groups is 1. The third kappa shape index (κ3) is 7.35. The topological polar surface area (TPSA) is 38.7 Å². The van der Waals surface area contributed by atoms with Gasteiger partial charge < -0.3 is 14.3 Å². The molecule has 4 heteroatoms. The van der Waals surface area contributed by atoms with Crippen molar-refractivity contribution in [1.29, 1.82) is 0 Å². The second kappa shape index (κ2) is 12.4. The molecule has 0 radical (unpaired) electrons. The predicted molar refractivity (Wildman–Crippen MR) is 113 cm³/mol. The van der Waals surface area contributed by atoms with E-state index < -0.39 is 8.32 Å². The number of benzene rings is 1. The molecule has 1 aromatic carbocycles. The molecule has 3 atom stereocenters. The molecule has 0 unspecified atom stereocenters. The van der Waals surface area contributed by atoms with Crippen molar-refractivity contribution in [1.82, 2.24) is 0 Å². The second-order valence-corrected chi connectivity index (χ2v) is 12.0. The van der Waals surface area contributed by atoms with Crippen LogP contribution in [0.2, 0.25) is 18.1 Å². The molecule has 1 rings (SSSR count). The fourth-order valence-corrected chi connectivity index (χ4v) is 6.47. The maximum atomic E-state index is 9.13. The van der Waals surface area contributed by atoms with Gasteiger partial charge in [-0.3, -0.25) is 0 Å². The third-order valence-corrected chi connectivity index (χ3v) is 10.1. The zero-order valence-electron chi connectivity index (χ0n) is 17.3. The molecule has 0 saturated heterocycles. The molecule has 0 fully saturated rings. The standard InChI is InChI=1S/C22H38O3Si/c1-6-26(7-2,8-3)25-22(19(4)13-12-16-23)20(5)17-24-18-21-14-10-9-11-15-21/h9-15,19-20,22-23H,6-8,16-18H2,1-5H3/b13-12+/t19-,20+,22-/m1/s1. The Labute approximate surface area is 161 Å². The molecule has 0 aromatic heterocycles. The summed E-state index contributed by atoms with van der Waals surface area (Å²) in [6.07, 6.45) is 4.03. The lowest BCUT2D eigenvalue weighted by Gasteiger charge is -2.38. The zero-order valence-corrected chi connectivity index (χ0v) is 18.3. The van der Waals surface area contributed by atoms with Gasteiger partial charge in [-0.2, -0.15) is 0 Å². The van der Waals surface area contributed by atoms with Crippen LogP contribution >= 0.6 is 0 Å². The van der Waals surface area contributed by atoms with Gasteiger partial charge in [-0.1, -0.05) is 77.1 Å². The molecule has 0 heterocycles. The SMILES string of the molecule is CC[Si](CC)(CC)O[C@H]([C@H](C)/C=C/CO)[C@@H](C)COCc1ccccc1. The summed E-state index contributed by atoms with van der Waals surface area (Å²) in [4.78, 5) is 0. The molecule has 26 heavy (non-hydrogen) atoms. The van der Waals surface area contributed by atoms with Crippen LogP contribution in [0.15, 0.2) is 42.5 Å². The largest absolute Gasteiger partial charge is 0.413 e. The first kappa shape index (κ1) is 23.1. The molecule has 0 aliphatic rings. The molecule has 1 aromatic rings. The Hall–Kier alpha value is -0.943. The Morgan fingerprint density at radius 3 is 2.19 bits per heavy atom. The van der Waals surface area contributed by atoms with Crippen LogP contribution in [0.25, 0.3) is 0 Å². The van der Waals surface area contributed by atoms with Crippen molar-refractivity contribution < 1.29 is 14.3 Å². The second-order valence-electron chi connectivity index (χ2n) is 7.27. The van der Waals surface area contributed by atoms with Crippen molar-refractivity contribution in [2.45, 2.75) is 65.5 Å². The average molecular weight is 379 g/mol. The van der Waals surface area contributed by atoms with Crippen LogP contribution in [-0.4, -0.2) is 32.7 Å². The summed E-state index contributed by atoms with van der Waals surface area (Å²) in [5.41, 5.74) is 1.20. The lowest BCUT2D eigenvalue weighted by molar-refractivity contribution is 0.0205. The van der Waals surface area contributed by atoms with Gasteiger partial charge in [0.1, 0.15) is 0 Å². The summed E-state index contributed by atoms with van der Waals surface area (Å²) >= 11 is 0. The van der Waals surface area contributed by atoms with Crippen LogP contribution in [-0.2, 0) is 15.8 Å². The van der Waals surface area contributed by atoms with Gasteiger partial charge >= 0.3 is 0 Å². The van der Waals surface area contributed by atoms with Crippen molar-refractivity contribution in [2.75, 3.05) is 13.2 Å². The summed E-state index contributed by atoms with van der Waals surface area (Å²) in [6, 6.07) is 13.7. The maximum Gasteiger partial charge on any atom is 0.192 e. The summed E-state index contributed by atoms with van der Waals surface area (Å²) in [5.74, 6) is 0.558. The van der Waals surface area contributed by atoms with Gasteiger partial charge in [0.25, 0.3) is 0 Å². The normalized spacial score (nSPS) is 15.9. The van der Waals surface area contributed by atoms with Crippen LogP contribution in [0.3, 0.4) is 0 Å². The third-order valence-electron chi connectivity index (χ3n) is 5.44. The number of aliphatic hydroxyl groups excluding tert-OH is 1. The van der Waals surface area contributed by atoms with Crippen LogP contribution in [0, 0.1) is 11.8 Å². The molecule has 0 aliphatic heterocycles. The van der Waals surface area contributed by atoms with Crippen molar-refractivity contribution >= 4 is 8.32 Å². The molecule has 0 aliphatic carbocycles. The van der Waals surface area contributed by atoms with Crippen molar-refractivity contribution in [3.8, 4) is 0 Å². The Balaban J connectivity index is 2.76. The highest BCUT2D eigenvalue weighted by Crippen LogP contribution is 2.29. The number of rotatable bonds is 13. The minimum Gasteiger partial charge on any atom is -0.413 e. The first-order chi connectivity index (χ1) is 12.5. The van der Waals surface area contributed by atoms with Crippen LogP contribution in [0.1, 0.15) is 40.2 Å². The predicted octanol–water partition coefficient (Wildman–Crippen LogP) is 5.41. The van der Waals surface area contributed by atoms with E-state index in [4.69, 9.17) is 14.3 Å². The quantitative estimate of drug-likeness (QED) is 0.368. The summed E-state index contributed by atoms with van der Waals surface area (Å²) in [5, 5.41) is 9.13. The summed E-state index contributed by atoms with van der Waals surface area (Å²) in [7, 11) is -1.70.